The summed E-state index contributed by atoms with van der Waals surface area (Å²) in [7, 11) is -4.71. The molecule has 0 bridgehead atoms. The summed E-state index contributed by atoms with van der Waals surface area (Å²) in [6.07, 6.45) is -1.93. The van der Waals surface area contributed by atoms with E-state index in [1.807, 2.05) is 13.8 Å². The Hall–Kier alpha value is -1.01. The topological polar surface area (TPSA) is 213 Å². The lowest BCUT2D eigenvalue weighted by Gasteiger charge is -2.59. The number of hydrogen-bond donors (Lipinski definition) is 7. The van der Waals surface area contributed by atoms with Gasteiger partial charge in [0.1, 0.15) is 24.4 Å². The standard InChI is InChI=1S/C33H52O13S/c1-16(15-43-30-29(38)28(37)27(36)24(14-34)44-30)7-10-33(39)17(2)26-23(45-33)13-22-20-6-5-18-11-19(35)12-25(46-47(40,41)42)32(18,4)21(20)8-9-31(22,26)3/h5,17,19-30,34-39H,1,6-15H2,2-4H3,(H,40,41,42)/t17-,19+,20+,21-,22-,23-,24+,25+,26-,27+,28-,29+,30+,31-,32-,33-/m0/s1. The lowest BCUT2D eigenvalue weighted by molar-refractivity contribution is -0.299. The van der Waals surface area contributed by atoms with Gasteiger partial charge >= 0.3 is 10.4 Å². The first-order chi connectivity index (χ1) is 21.9. The third kappa shape index (κ3) is 6.08. The maximum Gasteiger partial charge on any atom is 0.397 e. The molecular weight excluding hydrogens is 636 g/mol. The molecule has 0 spiro atoms. The quantitative estimate of drug-likeness (QED) is 0.134. The summed E-state index contributed by atoms with van der Waals surface area (Å²) in [6.45, 7) is 9.83. The number of ether oxygens (including phenoxy) is 3. The lowest BCUT2D eigenvalue weighted by atomic mass is 9.46. The van der Waals surface area contributed by atoms with Gasteiger partial charge in [0.15, 0.2) is 12.1 Å². The van der Waals surface area contributed by atoms with Crippen LogP contribution in [0.5, 0.6) is 0 Å². The molecule has 5 fully saturated rings. The van der Waals surface area contributed by atoms with Gasteiger partial charge in [0.25, 0.3) is 0 Å². The Balaban J connectivity index is 1.10. The van der Waals surface area contributed by atoms with Crippen LogP contribution in [0.25, 0.3) is 0 Å². The van der Waals surface area contributed by atoms with E-state index in [4.69, 9.17) is 18.4 Å². The van der Waals surface area contributed by atoms with E-state index < -0.39 is 71.1 Å². The van der Waals surface area contributed by atoms with Crippen LogP contribution in [0.2, 0.25) is 0 Å². The highest BCUT2D eigenvalue weighted by Crippen LogP contribution is 2.70. The number of rotatable bonds is 9. The van der Waals surface area contributed by atoms with E-state index in [0.717, 1.165) is 31.3 Å². The van der Waals surface area contributed by atoms with Gasteiger partial charge < -0.3 is 44.8 Å². The summed E-state index contributed by atoms with van der Waals surface area (Å²) in [4.78, 5) is 0. The predicted octanol–water partition coefficient (Wildman–Crippen LogP) is 1.21. The van der Waals surface area contributed by atoms with E-state index in [-0.39, 0.29) is 60.6 Å². The van der Waals surface area contributed by atoms with Crippen LogP contribution < -0.4 is 0 Å². The monoisotopic (exact) mass is 688 g/mol. The molecule has 0 aromatic carbocycles. The van der Waals surface area contributed by atoms with Gasteiger partial charge in [-0.1, -0.05) is 44.6 Å². The Morgan fingerprint density at radius 2 is 1.83 bits per heavy atom. The Morgan fingerprint density at radius 3 is 2.51 bits per heavy atom. The summed E-state index contributed by atoms with van der Waals surface area (Å²) in [5.74, 6) is -0.833. The number of aliphatic hydroxyl groups is 6. The van der Waals surface area contributed by atoms with E-state index in [1.54, 1.807) is 0 Å². The molecule has 0 radical (unpaired) electrons. The molecule has 0 aromatic heterocycles. The van der Waals surface area contributed by atoms with Crippen molar-refractivity contribution < 1.29 is 62.0 Å². The first-order valence-corrected chi connectivity index (χ1v) is 18.3. The van der Waals surface area contributed by atoms with Crippen molar-refractivity contribution in [3.05, 3.63) is 23.8 Å². The molecule has 2 aliphatic heterocycles. The molecule has 47 heavy (non-hydrogen) atoms. The largest absolute Gasteiger partial charge is 0.397 e. The fourth-order valence-electron chi connectivity index (χ4n) is 10.8. The van der Waals surface area contributed by atoms with Gasteiger partial charge in [-0.15, -0.1) is 0 Å². The van der Waals surface area contributed by atoms with Crippen molar-refractivity contribution in [3.8, 4) is 0 Å². The minimum absolute atomic E-state index is 0.0313. The van der Waals surface area contributed by atoms with Crippen molar-refractivity contribution in [2.45, 2.75) is 127 Å². The molecule has 4 aliphatic carbocycles. The number of fused-ring (bicyclic) bond motifs is 7. The Morgan fingerprint density at radius 1 is 1.11 bits per heavy atom. The van der Waals surface area contributed by atoms with Crippen molar-refractivity contribution in [1.29, 1.82) is 0 Å². The smallest absolute Gasteiger partial charge is 0.394 e. The van der Waals surface area contributed by atoms with Crippen LogP contribution >= 0.6 is 0 Å². The SMILES string of the molecule is C=C(CC[C@]1(O)O[C@H]2C[C@H]3[C@@H]4CC=C5C[C@@H](O)C[C@@H](OS(=O)(=O)O)[C@]5(C)[C@H]4CC[C@]3(C)[C@H]2[C@@H]1C)CO[C@@H]1O[C@H](CO)[C@@H](O)[C@H](O)[C@H]1O. The van der Waals surface area contributed by atoms with Gasteiger partial charge in [0.2, 0.25) is 0 Å². The highest BCUT2D eigenvalue weighted by Gasteiger charge is 2.68. The first kappa shape index (κ1) is 35.8. The molecule has 6 aliphatic rings. The summed E-state index contributed by atoms with van der Waals surface area (Å²) in [5, 5.41) is 62.0. The first-order valence-electron chi connectivity index (χ1n) is 16.9. The molecule has 16 atom stereocenters. The van der Waals surface area contributed by atoms with Crippen LogP contribution in [0.3, 0.4) is 0 Å². The molecule has 0 amide bonds. The Kier molecular flexibility index (Phi) is 9.63. The highest BCUT2D eigenvalue weighted by atomic mass is 32.3. The number of allylic oxidation sites excluding steroid dienone is 1. The van der Waals surface area contributed by atoms with Crippen LogP contribution in [-0.2, 0) is 28.8 Å². The van der Waals surface area contributed by atoms with E-state index >= 15 is 0 Å². The Bertz CT molecular complexity index is 1340. The average Bonchev–Trinajstić information content (AvgIpc) is 3.43. The van der Waals surface area contributed by atoms with Crippen molar-refractivity contribution >= 4 is 10.4 Å². The van der Waals surface area contributed by atoms with Crippen LogP contribution in [-0.4, -0.2) is 112 Å². The fraction of sp³-hybridized carbons (Fsp3) is 0.879. The van der Waals surface area contributed by atoms with Crippen LogP contribution in [0.1, 0.15) is 72.1 Å². The summed E-state index contributed by atoms with van der Waals surface area (Å²) < 4.78 is 56.1. The van der Waals surface area contributed by atoms with E-state index in [0.29, 0.717) is 18.4 Å². The van der Waals surface area contributed by atoms with Gasteiger partial charge in [-0.2, -0.15) is 8.42 Å². The minimum Gasteiger partial charge on any atom is -0.394 e. The molecule has 0 unspecified atom stereocenters. The third-order valence-corrected chi connectivity index (χ3v) is 13.7. The van der Waals surface area contributed by atoms with E-state index in [1.165, 1.54) is 0 Å². The molecule has 6 rings (SSSR count). The molecular formula is C33H52O13S. The number of hydrogen-bond acceptors (Lipinski definition) is 12. The zero-order chi connectivity index (χ0) is 34.3. The lowest BCUT2D eigenvalue weighted by Crippen LogP contribution is -2.59. The van der Waals surface area contributed by atoms with Crippen molar-refractivity contribution in [2.75, 3.05) is 13.2 Å². The second-order valence-electron chi connectivity index (χ2n) is 15.6. The second kappa shape index (κ2) is 12.6. The van der Waals surface area contributed by atoms with Gasteiger partial charge in [-0.05, 0) is 67.6 Å². The normalized spacial score (nSPS) is 51.0. The molecule has 3 saturated carbocycles. The third-order valence-electron chi connectivity index (χ3n) is 13.2. The minimum atomic E-state index is -4.71. The van der Waals surface area contributed by atoms with Crippen LogP contribution in [0.15, 0.2) is 23.8 Å². The van der Waals surface area contributed by atoms with Crippen molar-refractivity contribution in [3.63, 3.8) is 0 Å². The van der Waals surface area contributed by atoms with E-state index in [2.05, 4.69) is 19.6 Å². The van der Waals surface area contributed by atoms with Crippen LogP contribution in [0, 0.1) is 40.4 Å². The van der Waals surface area contributed by atoms with Gasteiger partial charge in [-0.3, -0.25) is 4.55 Å². The second-order valence-corrected chi connectivity index (χ2v) is 16.6. The maximum absolute atomic E-state index is 11.8. The molecule has 2 heterocycles. The summed E-state index contributed by atoms with van der Waals surface area (Å²) in [5.41, 5.74) is 0.865. The predicted molar refractivity (Wildman–Crippen MR) is 165 cm³/mol. The fourth-order valence-corrected chi connectivity index (χ4v) is 11.3. The molecule has 0 aromatic rings. The Labute approximate surface area is 276 Å². The maximum atomic E-state index is 11.8. The van der Waals surface area contributed by atoms with Crippen molar-refractivity contribution in [1.82, 2.24) is 0 Å². The van der Waals surface area contributed by atoms with Gasteiger partial charge in [-0.25, -0.2) is 4.18 Å². The van der Waals surface area contributed by atoms with Crippen molar-refractivity contribution in [2.24, 2.45) is 40.4 Å². The average molecular weight is 689 g/mol. The molecule has 268 valence electrons. The zero-order valence-corrected chi connectivity index (χ0v) is 28.2. The summed E-state index contributed by atoms with van der Waals surface area (Å²) in [6, 6.07) is 0. The molecule has 13 nitrogen and oxygen atoms in total. The molecule has 7 N–H and O–H groups in total. The highest BCUT2D eigenvalue weighted by molar-refractivity contribution is 7.80. The van der Waals surface area contributed by atoms with Crippen LogP contribution in [0.4, 0.5) is 0 Å². The summed E-state index contributed by atoms with van der Waals surface area (Å²) >= 11 is 0. The zero-order valence-electron chi connectivity index (χ0n) is 27.3. The molecule has 14 heteroatoms. The van der Waals surface area contributed by atoms with Gasteiger partial charge in [0.05, 0.1) is 31.5 Å². The number of aliphatic hydroxyl groups excluding tert-OH is 5. The molecule has 2 saturated heterocycles. The van der Waals surface area contributed by atoms with Gasteiger partial charge in [0, 0.05) is 24.2 Å². The van der Waals surface area contributed by atoms with E-state index in [9.17, 15) is 43.6 Å².